The summed E-state index contributed by atoms with van der Waals surface area (Å²) in [5, 5.41) is 0.577. The molecule has 8 nitrogen and oxygen atoms in total. The number of aromatic amines is 1. The number of benzene rings is 2. The molecule has 0 saturated carbocycles. The Bertz CT molecular complexity index is 1590. The van der Waals surface area contributed by atoms with Gasteiger partial charge in [-0.25, -0.2) is 9.78 Å². The topological polar surface area (TPSA) is 97.3 Å². The molecule has 1 fully saturated rings. The molecule has 0 spiro atoms. The zero-order valence-electron chi connectivity index (χ0n) is 19.2. The average Bonchev–Trinajstić information content (AvgIpc) is 3.59. The van der Waals surface area contributed by atoms with Crippen molar-refractivity contribution in [1.82, 2.24) is 19.4 Å². The van der Waals surface area contributed by atoms with E-state index >= 15 is 0 Å². The number of thioether (sulfide) groups is 1. The van der Waals surface area contributed by atoms with E-state index in [9.17, 15) is 9.59 Å². The van der Waals surface area contributed by atoms with E-state index in [0.29, 0.717) is 48.4 Å². The molecule has 0 unspecified atom stereocenters. The lowest BCUT2D eigenvalue weighted by Crippen LogP contribution is -2.40. The predicted octanol–water partition coefficient (Wildman–Crippen LogP) is 5.14. The quantitative estimate of drug-likeness (QED) is 0.344. The minimum Gasteiger partial charge on any atom is -0.455 e. The van der Waals surface area contributed by atoms with Gasteiger partial charge in [0.05, 0.1) is 16.8 Å². The normalized spacial score (nSPS) is 14.8. The number of hydrogen-bond donors (Lipinski definition) is 1. The lowest BCUT2D eigenvalue weighted by atomic mass is 10.0. The number of aromatic nitrogens is 3. The molecule has 35 heavy (non-hydrogen) atoms. The summed E-state index contributed by atoms with van der Waals surface area (Å²) in [7, 11) is 0. The molecule has 4 heterocycles. The van der Waals surface area contributed by atoms with E-state index in [1.165, 1.54) is 11.8 Å². The van der Waals surface area contributed by atoms with Gasteiger partial charge in [0.25, 0.3) is 11.1 Å². The van der Waals surface area contributed by atoms with Gasteiger partial charge in [-0.3, -0.25) is 9.36 Å². The Hall–Kier alpha value is -3.72. The van der Waals surface area contributed by atoms with Crippen molar-refractivity contribution in [3.63, 3.8) is 0 Å². The number of H-pyrrole nitrogens is 1. The number of oxazole rings is 1. The average molecular weight is 489 g/mol. The number of aryl methyl sites for hydroxylation is 1. The first-order valence-corrected chi connectivity index (χ1v) is 12.6. The van der Waals surface area contributed by atoms with Crippen molar-refractivity contribution in [3.8, 4) is 0 Å². The first-order valence-electron chi connectivity index (χ1n) is 11.6. The lowest BCUT2D eigenvalue weighted by molar-refractivity contribution is 0.0661. The molecule has 1 aliphatic heterocycles. The van der Waals surface area contributed by atoms with Gasteiger partial charge in [-0.05, 0) is 55.7 Å². The number of fused-ring (bicyclic) bond motifs is 2. The van der Waals surface area contributed by atoms with Crippen LogP contribution >= 0.6 is 11.8 Å². The third-order valence-electron chi connectivity index (χ3n) is 6.55. The van der Waals surface area contributed by atoms with E-state index in [2.05, 4.69) is 9.97 Å². The number of carbonyl (C=O) groups excluding carboxylic acids is 1. The Morgan fingerprint density at radius 1 is 1.09 bits per heavy atom. The largest absolute Gasteiger partial charge is 0.455 e. The number of likely N-dealkylation sites (tertiary alicyclic amines) is 1. The van der Waals surface area contributed by atoms with Crippen LogP contribution in [0.1, 0.15) is 40.8 Å². The summed E-state index contributed by atoms with van der Waals surface area (Å²) < 4.78 is 13.5. The van der Waals surface area contributed by atoms with Crippen molar-refractivity contribution in [1.29, 1.82) is 0 Å². The second-order valence-electron chi connectivity index (χ2n) is 8.80. The third kappa shape index (κ3) is 4.05. The van der Waals surface area contributed by atoms with E-state index in [1.807, 2.05) is 60.0 Å². The summed E-state index contributed by atoms with van der Waals surface area (Å²) in [6, 6.07) is 17.2. The fraction of sp³-hybridized carbons (Fsp3) is 0.269. The van der Waals surface area contributed by atoms with Crippen molar-refractivity contribution in [2.24, 2.45) is 0 Å². The van der Waals surface area contributed by atoms with Crippen molar-refractivity contribution < 1.29 is 13.6 Å². The van der Waals surface area contributed by atoms with Gasteiger partial charge in [-0.1, -0.05) is 36.0 Å². The van der Waals surface area contributed by atoms with Gasteiger partial charge in [0.1, 0.15) is 11.3 Å². The minimum atomic E-state index is -0.122. The molecule has 0 aliphatic carbocycles. The number of nitrogens with one attached hydrogen (secondary N) is 1. The molecule has 1 N–H and O–H groups in total. The smallest absolute Gasteiger partial charge is 0.326 e. The summed E-state index contributed by atoms with van der Waals surface area (Å²) in [6.07, 6.45) is 1.43. The van der Waals surface area contributed by atoms with Gasteiger partial charge in [-0.15, -0.1) is 0 Å². The van der Waals surface area contributed by atoms with Crippen LogP contribution in [0.5, 0.6) is 0 Å². The number of hydrogen-bond acceptors (Lipinski definition) is 6. The lowest BCUT2D eigenvalue weighted by Gasteiger charge is -2.32. The zero-order chi connectivity index (χ0) is 23.9. The highest BCUT2D eigenvalue weighted by Gasteiger charge is 2.28. The molecule has 0 atom stereocenters. The third-order valence-corrected chi connectivity index (χ3v) is 7.40. The highest BCUT2D eigenvalue weighted by molar-refractivity contribution is 7.98. The Kier molecular flexibility index (Phi) is 5.49. The predicted molar refractivity (Wildman–Crippen MR) is 134 cm³/mol. The van der Waals surface area contributed by atoms with E-state index < -0.39 is 0 Å². The number of rotatable bonds is 5. The van der Waals surface area contributed by atoms with Gasteiger partial charge in [0, 0.05) is 19.1 Å². The van der Waals surface area contributed by atoms with Crippen LogP contribution in [-0.2, 0) is 5.75 Å². The van der Waals surface area contributed by atoms with Crippen LogP contribution in [0.4, 0.5) is 0 Å². The van der Waals surface area contributed by atoms with E-state index in [4.69, 9.17) is 8.83 Å². The fourth-order valence-electron chi connectivity index (χ4n) is 4.75. The highest BCUT2D eigenvalue weighted by Crippen LogP contribution is 2.29. The van der Waals surface area contributed by atoms with Gasteiger partial charge in [-0.2, -0.15) is 0 Å². The maximum atomic E-state index is 13.0. The maximum absolute atomic E-state index is 13.0. The molecule has 178 valence electrons. The number of imidazole rings is 1. The van der Waals surface area contributed by atoms with E-state index in [0.717, 1.165) is 27.7 Å². The second-order valence-corrected chi connectivity index (χ2v) is 9.72. The number of nitrogens with zero attached hydrogens (tertiary/aromatic N) is 3. The van der Waals surface area contributed by atoms with E-state index in [1.54, 1.807) is 11.0 Å². The Morgan fingerprint density at radius 2 is 1.91 bits per heavy atom. The maximum Gasteiger partial charge on any atom is 0.326 e. The molecule has 3 aromatic heterocycles. The summed E-state index contributed by atoms with van der Waals surface area (Å²) in [4.78, 5) is 34.8. The van der Waals surface area contributed by atoms with Crippen LogP contribution in [0.25, 0.3) is 22.1 Å². The van der Waals surface area contributed by atoms with Crippen LogP contribution < -0.4 is 5.69 Å². The molecule has 6 rings (SSSR count). The Balaban J connectivity index is 1.09. The number of piperidine rings is 1. The second kappa shape index (κ2) is 8.81. The summed E-state index contributed by atoms with van der Waals surface area (Å²) >= 11 is 1.44. The van der Waals surface area contributed by atoms with Crippen LogP contribution in [0, 0.1) is 6.92 Å². The molecular formula is C26H24N4O4S. The van der Waals surface area contributed by atoms with Gasteiger partial charge >= 0.3 is 5.69 Å². The Labute approximate surface area is 204 Å². The van der Waals surface area contributed by atoms with Crippen LogP contribution in [0.3, 0.4) is 0 Å². The van der Waals surface area contributed by atoms with E-state index in [-0.39, 0.29) is 17.6 Å². The molecule has 1 saturated heterocycles. The number of para-hydroxylation sites is 3. The molecule has 2 aromatic carbocycles. The molecule has 0 bridgehead atoms. The number of furan rings is 1. The van der Waals surface area contributed by atoms with Crippen LogP contribution in [-0.4, -0.2) is 38.4 Å². The number of carbonyl (C=O) groups is 1. The molecule has 1 amide bonds. The summed E-state index contributed by atoms with van der Waals surface area (Å²) in [5.74, 6) is 1.42. The van der Waals surface area contributed by atoms with Crippen LogP contribution in [0.2, 0.25) is 0 Å². The van der Waals surface area contributed by atoms with Gasteiger partial charge in [0.2, 0.25) is 0 Å². The van der Waals surface area contributed by atoms with Crippen molar-refractivity contribution in [2.75, 3.05) is 13.1 Å². The SMILES string of the molecule is Cc1cccc2oc(SCc3ccc(C(=O)N4CCC(n5c(=O)[nH]c6ccccc65)CC4)o3)nc12. The van der Waals surface area contributed by atoms with Gasteiger partial charge < -0.3 is 18.7 Å². The highest BCUT2D eigenvalue weighted by atomic mass is 32.2. The van der Waals surface area contributed by atoms with Crippen molar-refractivity contribution >= 4 is 39.8 Å². The summed E-state index contributed by atoms with van der Waals surface area (Å²) in [6.45, 7) is 3.15. The van der Waals surface area contributed by atoms with Gasteiger partial charge in [0.15, 0.2) is 11.3 Å². The zero-order valence-corrected chi connectivity index (χ0v) is 20.0. The Morgan fingerprint density at radius 3 is 2.74 bits per heavy atom. The molecule has 1 aliphatic rings. The van der Waals surface area contributed by atoms with Crippen LogP contribution in [0.15, 0.2) is 73.4 Å². The molecule has 9 heteroatoms. The fourth-order valence-corrected chi connectivity index (χ4v) is 5.48. The monoisotopic (exact) mass is 488 g/mol. The molecular weight excluding hydrogens is 464 g/mol. The molecule has 0 radical (unpaired) electrons. The van der Waals surface area contributed by atoms with Crippen molar-refractivity contribution in [3.05, 3.63) is 82.2 Å². The minimum absolute atomic E-state index is 0.0613. The molecule has 5 aromatic rings. The van der Waals surface area contributed by atoms with Crippen molar-refractivity contribution in [2.45, 2.75) is 36.8 Å². The first-order chi connectivity index (χ1) is 17.1. The standard InChI is InChI=1S/C26H24N4O4S/c1-16-5-4-8-21-23(16)28-26(34-21)35-15-18-9-10-22(33-18)24(31)29-13-11-17(12-14-29)30-20-7-3-2-6-19(20)27-25(30)32/h2-10,17H,11-15H2,1H3,(H,27,32). The number of amides is 1. The summed E-state index contributed by atoms with van der Waals surface area (Å²) in [5.41, 5.74) is 4.35. The first kappa shape index (κ1) is 21.8.